The SMILES string of the molecule is COCCNC(=O)c1cc2sc(Br)cc2n1Cc1ccccc1F. The second-order valence-electron chi connectivity index (χ2n) is 5.26. The number of carbonyl (C=O) groups is 1. The van der Waals surface area contributed by atoms with Gasteiger partial charge in [-0.1, -0.05) is 18.2 Å². The maximum Gasteiger partial charge on any atom is 0.268 e. The molecular formula is C17H16BrFN2O2S. The second-order valence-corrected chi connectivity index (χ2v) is 7.72. The monoisotopic (exact) mass is 410 g/mol. The van der Waals surface area contributed by atoms with Gasteiger partial charge in [0.2, 0.25) is 0 Å². The number of nitrogens with one attached hydrogen (secondary N) is 1. The number of rotatable bonds is 6. The molecule has 1 N–H and O–H groups in total. The Morgan fingerprint density at radius 3 is 2.92 bits per heavy atom. The fourth-order valence-electron chi connectivity index (χ4n) is 2.52. The fraction of sp³-hybridized carbons (Fsp3) is 0.235. The van der Waals surface area contributed by atoms with Crippen LogP contribution in [0.3, 0.4) is 0 Å². The topological polar surface area (TPSA) is 43.3 Å². The molecule has 3 aromatic rings. The number of methoxy groups -OCH3 is 1. The van der Waals surface area contributed by atoms with E-state index in [0.717, 1.165) is 14.0 Å². The molecule has 0 saturated carbocycles. The Morgan fingerprint density at radius 2 is 2.17 bits per heavy atom. The zero-order valence-corrected chi connectivity index (χ0v) is 15.4. The summed E-state index contributed by atoms with van der Waals surface area (Å²) in [6.07, 6.45) is 0. The molecule has 0 aliphatic heterocycles. The lowest BCUT2D eigenvalue weighted by Crippen LogP contribution is -2.29. The molecule has 2 aromatic heterocycles. The summed E-state index contributed by atoms with van der Waals surface area (Å²) in [7, 11) is 1.58. The largest absolute Gasteiger partial charge is 0.383 e. The quantitative estimate of drug-likeness (QED) is 0.623. The Morgan fingerprint density at radius 1 is 1.38 bits per heavy atom. The number of fused-ring (bicyclic) bond motifs is 1. The average Bonchev–Trinajstić information content (AvgIpc) is 3.07. The Bertz CT molecular complexity index is 875. The van der Waals surface area contributed by atoms with Crippen molar-refractivity contribution in [2.45, 2.75) is 6.54 Å². The number of hydrogen-bond acceptors (Lipinski definition) is 3. The number of amides is 1. The molecular weight excluding hydrogens is 395 g/mol. The highest BCUT2D eigenvalue weighted by Gasteiger charge is 2.18. The minimum atomic E-state index is -0.278. The summed E-state index contributed by atoms with van der Waals surface area (Å²) in [4.78, 5) is 12.5. The van der Waals surface area contributed by atoms with Crippen molar-refractivity contribution >= 4 is 43.4 Å². The first-order valence-corrected chi connectivity index (χ1v) is 9.00. The van der Waals surface area contributed by atoms with Crippen LogP contribution in [0.4, 0.5) is 4.39 Å². The number of hydrogen-bond donors (Lipinski definition) is 1. The van der Waals surface area contributed by atoms with Gasteiger partial charge in [-0.15, -0.1) is 11.3 Å². The van der Waals surface area contributed by atoms with Crippen LogP contribution in [0, 0.1) is 5.82 Å². The fourth-order valence-corrected chi connectivity index (χ4v) is 4.09. The van der Waals surface area contributed by atoms with E-state index in [9.17, 15) is 9.18 Å². The van der Waals surface area contributed by atoms with E-state index < -0.39 is 0 Å². The third-order valence-corrected chi connectivity index (χ3v) is 5.24. The number of nitrogens with zero attached hydrogens (tertiary/aromatic N) is 1. The lowest BCUT2D eigenvalue weighted by molar-refractivity contribution is 0.0928. The molecule has 7 heteroatoms. The Hall–Kier alpha value is -1.70. The zero-order valence-electron chi connectivity index (χ0n) is 13.0. The normalized spacial score (nSPS) is 11.1. The van der Waals surface area contributed by atoms with E-state index in [1.165, 1.54) is 6.07 Å². The smallest absolute Gasteiger partial charge is 0.268 e. The van der Waals surface area contributed by atoms with Gasteiger partial charge < -0.3 is 14.6 Å². The van der Waals surface area contributed by atoms with E-state index in [2.05, 4.69) is 21.2 Å². The highest BCUT2D eigenvalue weighted by Crippen LogP contribution is 2.33. The molecule has 2 heterocycles. The molecule has 0 aliphatic carbocycles. The van der Waals surface area contributed by atoms with Gasteiger partial charge in [0, 0.05) is 19.2 Å². The predicted octanol–water partition coefficient (Wildman–Crippen LogP) is 4.03. The van der Waals surface area contributed by atoms with Crippen molar-refractivity contribution in [3.63, 3.8) is 0 Å². The first kappa shape index (κ1) is 17.1. The van der Waals surface area contributed by atoms with Gasteiger partial charge in [0.25, 0.3) is 5.91 Å². The summed E-state index contributed by atoms with van der Waals surface area (Å²) in [6.45, 7) is 1.17. The lowest BCUT2D eigenvalue weighted by atomic mass is 10.2. The number of benzene rings is 1. The van der Waals surface area contributed by atoms with Crippen molar-refractivity contribution in [3.8, 4) is 0 Å². The molecule has 0 spiro atoms. The number of carbonyl (C=O) groups excluding carboxylic acids is 1. The van der Waals surface area contributed by atoms with Crippen molar-refractivity contribution in [3.05, 3.63) is 57.3 Å². The molecule has 0 aliphatic rings. The zero-order chi connectivity index (χ0) is 17.1. The first-order valence-electron chi connectivity index (χ1n) is 7.39. The summed E-state index contributed by atoms with van der Waals surface area (Å²) in [5.41, 5.74) is 1.97. The van der Waals surface area contributed by atoms with E-state index in [4.69, 9.17) is 4.74 Å². The molecule has 1 amide bonds. The maximum absolute atomic E-state index is 14.0. The van der Waals surface area contributed by atoms with Crippen molar-refractivity contribution in [1.29, 1.82) is 0 Å². The van der Waals surface area contributed by atoms with E-state index in [-0.39, 0.29) is 11.7 Å². The Kier molecular flexibility index (Phi) is 5.33. The van der Waals surface area contributed by atoms with Gasteiger partial charge in [0.1, 0.15) is 11.5 Å². The van der Waals surface area contributed by atoms with E-state index in [1.54, 1.807) is 36.6 Å². The van der Waals surface area contributed by atoms with Gasteiger partial charge >= 0.3 is 0 Å². The highest BCUT2D eigenvalue weighted by molar-refractivity contribution is 9.11. The molecule has 0 atom stereocenters. The van der Waals surface area contributed by atoms with Crippen LogP contribution in [0.25, 0.3) is 10.2 Å². The standard InChI is InChI=1S/C17H16BrFN2O2S/c1-23-7-6-20-17(22)14-8-15-13(9-16(18)24-15)21(14)10-11-4-2-3-5-12(11)19/h2-5,8-9H,6-7,10H2,1H3,(H,20,22). The highest BCUT2D eigenvalue weighted by atomic mass is 79.9. The number of thiophene rings is 1. The van der Waals surface area contributed by atoms with E-state index in [0.29, 0.717) is 31.0 Å². The number of ether oxygens (including phenoxy) is 1. The van der Waals surface area contributed by atoms with Crippen LogP contribution in [-0.4, -0.2) is 30.7 Å². The Labute approximate surface area is 151 Å². The van der Waals surface area contributed by atoms with Crippen molar-refractivity contribution in [2.75, 3.05) is 20.3 Å². The van der Waals surface area contributed by atoms with E-state index in [1.807, 2.05) is 16.7 Å². The molecule has 126 valence electrons. The van der Waals surface area contributed by atoms with Crippen LogP contribution in [0.1, 0.15) is 16.1 Å². The number of aromatic nitrogens is 1. The maximum atomic E-state index is 14.0. The van der Waals surface area contributed by atoms with Crippen LogP contribution in [0.15, 0.2) is 40.2 Å². The van der Waals surface area contributed by atoms with Gasteiger partial charge in [0.05, 0.1) is 27.2 Å². The van der Waals surface area contributed by atoms with Gasteiger partial charge in [-0.25, -0.2) is 4.39 Å². The second kappa shape index (κ2) is 7.46. The van der Waals surface area contributed by atoms with Crippen LogP contribution in [0.2, 0.25) is 0 Å². The van der Waals surface area contributed by atoms with Crippen LogP contribution < -0.4 is 5.32 Å². The molecule has 0 saturated heterocycles. The molecule has 0 bridgehead atoms. The van der Waals surface area contributed by atoms with Gasteiger partial charge in [-0.05, 0) is 34.1 Å². The minimum absolute atomic E-state index is 0.192. The summed E-state index contributed by atoms with van der Waals surface area (Å²) >= 11 is 5.01. The van der Waals surface area contributed by atoms with Crippen molar-refractivity contribution < 1.29 is 13.9 Å². The van der Waals surface area contributed by atoms with Crippen LogP contribution >= 0.6 is 27.3 Å². The van der Waals surface area contributed by atoms with Crippen LogP contribution in [-0.2, 0) is 11.3 Å². The third-order valence-electron chi connectivity index (χ3n) is 3.67. The van der Waals surface area contributed by atoms with Gasteiger partial charge in [0.15, 0.2) is 0 Å². The lowest BCUT2D eigenvalue weighted by Gasteiger charge is -2.11. The summed E-state index contributed by atoms with van der Waals surface area (Å²) in [5.74, 6) is -0.470. The number of halogens is 2. The summed E-state index contributed by atoms with van der Waals surface area (Å²) in [6, 6.07) is 10.4. The molecule has 24 heavy (non-hydrogen) atoms. The molecule has 3 rings (SSSR count). The average molecular weight is 411 g/mol. The van der Waals surface area contributed by atoms with Crippen molar-refractivity contribution in [1.82, 2.24) is 9.88 Å². The molecule has 0 unspecified atom stereocenters. The van der Waals surface area contributed by atoms with E-state index >= 15 is 0 Å². The summed E-state index contributed by atoms with van der Waals surface area (Å²) in [5, 5.41) is 2.82. The minimum Gasteiger partial charge on any atom is -0.383 e. The molecule has 1 aromatic carbocycles. The predicted molar refractivity (Wildman–Crippen MR) is 97.2 cm³/mol. The molecule has 4 nitrogen and oxygen atoms in total. The van der Waals surface area contributed by atoms with Gasteiger partial charge in [-0.2, -0.15) is 0 Å². The molecule has 0 radical (unpaired) electrons. The first-order chi connectivity index (χ1) is 11.6. The van der Waals surface area contributed by atoms with Gasteiger partial charge in [-0.3, -0.25) is 4.79 Å². The third kappa shape index (κ3) is 3.53. The Balaban J connectivity index is 1.98. The van der Waals surface area contributed by atoms with Crippen LogP contribution in [0.5, 0.6) is 0 Å². The van der Waals surface area contributed by atoms with Crippen molar-refractivity contribution in [2.24, 2.45) is 0 Å². The molecule has 0 fully saturated rings. The summed E-state index contributed by atoms with van der Waals surface area (Å²) < 4.78 is 22.8.